The molecule has 0 spiro atoms. The first-order chi connectivity index (χ1) is 8.83. The molecular formula is C14H21NO3. The SMILES string of the molecule is CCOc1cccc(OC2COCCC2NC)c1. The number of hydrogen-bond donors (Lipinski definition) is 1. The van der Waals surface area contributed by atoms with Crippen molar-refractivity contribution in [1.82, 2.24) is 5.32 Å². The first kappa shape index (κ1) is 13.2. The van der Waals surface area contributed by atoms with Crippen LogP contribution in [0.5, 0.6) is 11.5 Å². The smallest absolute Gasteiger partial charge is 0.137 e. The van der Waals surface area contributed by atoms with Crippen molar-refractivity contribution in [2.24, 2.45) is 0 Å². The standard InChI is InChI=1S/C14H21NO3/c1-3-17-11-5-4-6-12(9-11)18-14-10-16-8-7-13(14)15-2/h4-6,9,13-15H,3,7-8,10H2,1-2H3. The van der Waals surface area contributed by atoms with Gasteiger partial charge >= 0.3 is 0 Å². The first-order valence-electron chi connectivity index (χ1n) is 6.48. The maximum Gasteiger partial charge on any atom is 0.137 e. The minimum Gasteiger partial charge on any atom is -0.494 e. The van der Waals surface area contributed by atoms with Gasteiger partial charge in [-0.3, -0.25) is 0 Å². The maximum atomic E-state index is 5.98. The van der Waals surface area contributed by atoms with Crippen molar-refractivity contribution in [3.63, 3.8) is 0 Å². The Hall–Kier alpha value is -1.26. The van der Waals surface area contributed by atoms with E-state index in [1.165, 1.54) is 0 Å². The summed E-state index contributed by atoms with van der Waals surface area (Å²) in [4.78, 5) is 0. The highest BCUT2D eigenvalue weighted by Gasteiger charge is 2.26. The number of rotatable bonds is 5. The van der Waals surface area contributed by atoms with Gasteiger partial charge in [-0.15, -0.1) is 0 Å². The third kappa shape index (κ3) is 3.37. The number of nitrogens with one attached hydrogen (secondary N) is 1. The first-order valence-corrected chi connectivity index (χ1v) is 6.48. The molecule has 0 radical (unpaired) electrons. The summed E-state index contributed by atoms with van der Waals surface area (Å²) in [5.41, 5.74) is 0. The van der Waals surface area contributed by atoms with E-state index in [0.29, 0.717) is 19.3 Å². The molecule has 100 valence electrons. The lowest BCUT2D eigenvalue weighted by Crippen LogP contribution is -2.48. The zero-order valence-electron chi connectivity index (χ0n) is 11.0. The highest BCUT2D eigenvalue weighted by atomic mass is 16.5. The molecule has 1 aromatic rings. The molecule has 1 heterocycles. The molecule has 1 saturated heterocycles. The molecule has 2 rings (SSSR count). The van der Waals surface area contributed by atoms with Crippen LogP contribution in [0.1, 0.15) is 13.3 Å². The number of hydrogen-bond acceptors (Lipinski definition) is 4. The Morgan fingerprint density at radius 1 is 1.39 bits per heavy atom. The average molecular weight is 251 g/mol. The van der Waals surface area contributed by atoms with Gasteiger partial charge in [-0.25, -0.2) is 0 Å². The van der Waals surface area contributed by atoms with Gasteiger partial charge in [-0.2, -0.15) is 0 Å². The van der Waals surface area contributed by atoms with Crippen molar-refractivity contribution < 1.29 is 14.2 Å². The fourth-order valence-corrected chi connectivity index (χ4v) is 2.14. The van der Waals surface area contributed by atoms with Crippen molar-refractivity contribution in [3.8, 4) is 11.5 Å². The van der Waals surface area contributed by atoms with Gasteiger partial charge in [0.15, 0.2) is 0 Å². The molecule has 18 heavy (non-hydrogen) atoms. The van der Waals surface area contributed by atoms with Gasteiger partial charge in [0.25, 0.3) is 0 Å². The van der Waals surface area contributed by atoms with Gasteiger partial charge < -0.3 is 19.5 Å². The van der Waals surface area contributed by atoms with E-state index in [1.807, 2.05) is 38.2 Å². The van der Waals surface area contributed by atoms with Crippen molar-refractivity contribution in [3.05, 3.63) is 24.3 Å². The number of benzene rings is 1. The molecule has 4 heteroatoms. The number of likely N-dealkylation sites (N-methyl/N-ethyl adjacent to an activating group) is 1. The minimum absolute atomic E-state index is 0.0561. The van der Waals surface area contributed by atoms with Crippen LogP contribution in [-0.4, -0.2) is 39.0 Å². The molecule has 1 aliphatic heterocycles. The van der Waals surface area contributed by atoms with Crippen LogP contribution in [0.4, 0.5) is 0 Å². The summed E-state index contributed by atoms with van der Waals surface area (Å²) in [6.07, 6.45) is 1.03. The lowest BCUT2D eigenvalue weighted by Gasteiger charge is -2.31. The Morgan fingerprint density at radius 3 is 3.00 bits per heavy atom. The fourth-order valence-electron chi connectivity index (χ4n) is 2.14. The van der Waals surface area contributed by atoms with E-state index in [9.17, 15) is 0 Å². The average Bonchev–Trinajstić information content (AvgIpc) is 2.40. The third-order valence-electron chi connectivity index (χ3n) is 3.08. The van der Waals surface area contributed by atoms with Crippen LogP contribution in [0.15, 0.2) is 24.3 Å². The molecule has 1 aromatic carbocycles. The minimum atomic E-state index is 0.0561. The molecule has 0 aliphatic carbocycles. The van der Waals surface area contributed by atoms with E-state index >= 15 is 0 Å². The fraction of sp³-hybridized carbons (Fsp3) is 0.571. The Morgan fingerprint density at radius 2 is 2.22 bits per heavy atom. The quantitative estimate of drug-likeness (QED) is 0.867. The van der Waals surface area contributed by atoms with Gasteiger partial charge in [-0.1, -0.05) is 6.07 Å². The van der Waals surface area contributed by atoms with E-state index in [4.69, 9.17) is 14.2 Å². The highest BCUT2D eigenvalue weighted by Crippen LogP contribution is 2.22. The summed E-state index contributed by atoms with van der Waals surface area (Å²) < 4.78 is 16.9. The molecule has 0 bridgehead atoms. The Balaban J connectivity index is 2.00. The molecule has 2 atom stereocenters. The van der Waals surface area contributed by atoms with Gasteiger partial charge in [-0.05, 0) is 32.5 Å². The lowest BCUT2D eigenvalue weighted by molar-refractivity contribution is -0.0130. The molecule has 0 amide bonds. The molecule has 0 saturated carbocycles. The summed E-state index contributed by atoms with van der Waals surface area (Å²) in [6.45, 7) is 4.06. The predicted molar refractivity (Wildman–Crippen MR) is 70.3 cm³/mol. The molecule has 1 aliphatic rings. The molecule has 4 nitrogen and oxygen atoms in total. The van der Waals surface area contributed by atoms with E-state index in [2.05, 4.69) is 5.32 Å². The Bertz CT molecular complexity index is 370. The van der Waals surface area contributed by atoms with Gasteiger partial charge in [0.2, 0.25) is 0 Å². The maximum absolute atomic E-state index is 5.98. The summed E-state index contributed by atoms with van der Waals surface area (Å²) in [7, 11) is 1.96. The predicted octanol–water partition coefficient (Wildman–Crippen LogP) is 1.84. The Kier molecular flexibility index (Phi) is 4.84. The van der Waals surface area contributed by atoms with Crippen LogP contribution < -0.4 is 14.8 Å². The number of ether oxygens (including phenoxy) is 3. The molecule has 1 fully saturated rings. The van der Waals surface area contributed by atoms with Crippen LogP contribution in [0.25, 0.3) is 0 Å². The molecule has 1 N–H and O–H groups in total. The van der Waals surface area contributed by atoms with Crippen molar-refractivity contribution in [1.29, 1.82) is 0 Å². The van der Waals surface area contributed by atoms with E-state index in [1.54, 1.807) is 0 Å². The zero-order chi connectivity index (χ0) is 12.8. The monoisotopic (exact) mass is 251 g/mol. The largest absolute Gasteiger partial charge is 0.494 e. The van der Waals surface area contributed by atoms with Crippen LogP contribution in [-0.2, 0) is 4.74 Å². The van der Waals surface area contributed by atoms with Crippen molar-refractivity contribution in [2.75, 3.05) is 26.9 Å². The zero-order valence-corrected chi connectivity index (χ0v) is 11.0. The van der Waals surface area contributed by atoms with Crippen LogP contribution >= 0.6 is 0 Å². The summed E-state index contributed by atoms with van der Waals surface area (Å²) >= 11 is 0. The second-order valence-corrected chi connectivity index (χ2v) is 4.32. The summed E-state index contributed by atoms with van der Waals surface area (Å²) in [5.74, 6) is 1.67. The topological polar surface area (TPSA) is 39.7 Å². The van der Waals surface area contributed by atoms with Crippen molar-refractivity contribution >= 4 is 0 Å². The van der Waals surface area contributed by atoms with E-state index in [0.717, 1.165) is 24.5 Å². The molecular weight excluding hydrogens is 230 g/mol. The van der Waals surface area contributed by atoms with E-state index in [-0.39, 0.29) is 6.10 Å². The normalized spacial score (nSPS) is 23.7. The van der Waals surface area contributed by atoms with E-state index < -0.39 is 0 Å². The van der Waals surface area contributed by atoms with Gasteiger partial charge in [0.1, 0.15) is 17.6 Å². The second-order valence-electron chi connectivity index (χ2n) is 4.32. The Labute approximate surface area is 108 Å². The van der Waals surface area contributed by atoms with Crippen LogP contribution in [0.2, 0.25) is 0 Å². The molecule has 0 aromatic heterocycles. The summed E-state index contributed by atoms with van der Waals surface area (Å²) in [5, 5.41) is 3.28. The summed E-state index contributed by atoms with van der Waals surface area (Å²) in [6, 6.07) is 8.09. The third-order valence-corrected chi connectivity index (χ3v) is 3.08. The second kappa shape index (κ2) is 6.61. The van der Waals surface area contributed by atoms with Crippen molar-refractivity contribution in [2.45, 2.75) is 25.5 Å². The molecule has 2 unspecified atom stereocenters. The highest BCUT2D eigenvalue weighted by molar-refractivity contribution is 5.33. The van der Waals surface area contributed by atoms with Gasteiger partial charge in [0, 0.05) is 18.7 Å². The van der Waals surface area contributed by atoms with Gasteiger partial charge in [0.05, 0.1) is 13.2 Å². The van der Waals surface area contributed by atoms with Crippen LogP contribution in [0, 0.1) is 0 Å². The lowest BCUT2D eigenvalue weighted by atomic mass is 10.1. The van der Waals surface area contributed by atoms with Crippen LogP contribution in [0.3, 0.4) is 0 Å².